The zero-order valence-corrected chi connectivity index (χ0v) is 7.45. The van der Waals surface area contributed by atoms with Gasteiger partial charge in [-0.2, -0.15) is 0 Å². The first kappa shape index (κ1) is 9.74. The summed E-state index contributed by atoms with van der Waals surface area (Å²) in [6.45, 7) is 2.38. The maximum absolute atomic E-state index is 11.2. The molecule has 0 bridgehead atoms. The van der Waals surface area contributed by atoms with E-state index < -0.39 is 0 Å². The molecule has 0 fully saturated rings. The summed E-state index contributed by atoms with van der Waals surface area (Å²) in [5.41, 5.74) is 0.512. The van der Waals surface area contributed by atoms with Gasteiger partial charge in [0.1, 0.15) is 0 Å². The molecule has 0 aliphatic heterocycles. The number of hydrogen-bond acceptors (Lipinski definition) is 3. The Labute approximate surface area is 77.3 Å². The van der Waals surface area contributed by atoms with Crippen molar-refractivity contribution in [3.8, 4) is 0 Å². The zero-order valence-electron chi connectivity index (χ0n) is 7.45. The molecule has 0 N–H and O–H groups in total. The summed E-state index contributed by atoms with van der Waals surface area (Å²) < 4.78 is 9.67. The van der Waals surface area contributed by atoms with Gasteiger partial charge in [0.15, 0.2) is 6.79 Å². The van der Waals surface area contributed by atoms with Crippen LogP contribution in [0.5, 0.6) is 0 Å². The first-order valence-corrected chi connectivity index (χ1v) is 4.05. The van der Waals surface area contributed by atoms with E-state index in [1.165, 1.54) is 0 Å². The summed E-state index contributed by atoms with van der Waals surface area (Å²) >= 11 is 0. The Kier molecular flexibility index (Phi) is 3.99. The molecule has 0 aliphatic rings. The molecule has 1 radical (unpaired) electrons. The van der Waals surface area contributed by atoms with Crippen molar-refractivity contribution in [3.63, 3.8) is 0 Å². The highest BCUT2D eigenvalue weighted by Gasteiger charge is 2.04. The molecule has 69 valence electrons. The lowest BCUT2D eigenvalue weighted by Crippen LogP contribution is -2.08. The Balaban J connectivity index is 2.40. The first-order valence-electron chi connectivity index (χ1n) is 4.05. The lowest BCUT2D eigenvalue weighted by Gasteiger charge is -2.03. The Morgan fingerprint density at radius 1 is 1.46 bits per heavy atom. The maximum atomic E-state index is 11.2. The molecule has 0 unspecified atom stereocenters. The number of ether oxygens (including phenoxy) is 2. The number of esters is 1. The highest BCUT2D eigenvalue weighted by atomic mass is 16.7. The summed E-state index contributed by atoms with van der Waals surface area (Å²) in [6.07, 6.45) is 0. The third-order valence-corrected chi connectivity index (χ3v) is 1.43. The fourth-order valence-electron chi connectivity index (χ4n) is 0.785. The monoisotopic (exact) mass is 179 g/mol. The SMILES string of the molecule is CCOCOC(=O)c1cc[c]cc1. The van der Waals surface area contributed by atoms with Crippen LogP contribution in [0.15, 0.2) is 24.3 Å². The molecule has 1 aromatic carbocycles. The van der Waals surface area contributed by atoms with Crippen LogP contribution in [-0.4, -0.2) is 19.4 Å². The summed E-state index contributed by atoms with van der Waals surface area (Å²) in [5.74, 6) is -0.373. The average Bonchev–Trinajstić information content (AvgIpc) is 2.19. The Morgan fingerprint density at radius 3 is 2.77 bits per heavy atom. The van der Waals surface area contributed by atoms with Gasteiger partial charge >= 0.3 is 5.97 Å². The van der Waals surface area contributed by atoms with E-state index in [0.29, 0.717) is 12.2 Å². The van der Waals surface area contributed by atoms with E-state index in [1.54, 1.807) is 24.3 Å². The summed E-state index contributed by atoms with van der Waals surface area (Å²) in [4.78, 5) is 11.2. The summed E-state index contributed by atoms with van der Waals surface area (Å²) in [5, 5.41) is 0. The van der Waals surface area contributed by atoms with Crippen LogP contribution in [0.4, 0.5) is 0 Å². The van der Waals surface area contributed by atoms with Crippen LogP contribution in [0.2, 0.25) is 0 Å². The molecule has 0 aromatic heterocycles. The predicted octanol–water partition coefficient (Wildman–Crippen LogP) is 1.64. The van der Waals surface area contributed by atoms with Gasteiger partial charge in [-0.25, -0.2) is 4.79 Å². The predicted molar refractivity (Wildman–Crippen MR) is 47.2 cm³/mol. The Morgan fingerprint density at radius 2 is 2.15 bits per heavy atom. The smallest absolute Gasteiger partial charge is 0.340 e. The molecular weight excluding hydrogens is 168 g/mol. The quantitative estimate of drug-likeness (QED) is 0.400. The molecule has 0 atom stereocenters. The Bertz CT molecular complexity index is 256. The lowest BCUT2D eigenvalue weighted by molar-refractivity contribution is -0.0274. The van der Waals surface area contributed by atoms with Crippen molar-refractivity contribution in [1.82, 2.24) is 0 Å². The lowest BCUT2D eigenvalue weighted by atomic mass is 10.2. The van der Waals surface area contributed by atoms with Gasteiger partial charge in [-0.3, -0.25) is 0 Å². The van der Waals surface area contributed by atoms with Crippen LogP contribution in [0.25, 0.3) is 0 Å². The third-order valence-electron chi connectivity index (χ3n) is 1.43. The van der Waals surface area contributed by atoms with E-state index in [0.717, 1.165) is 0 Å². The van der Waals surface area contributed by atoms with Crippen LogP contribution >= 0.6 is 0 Å². The number of benzene rings is 1. The van der Waals surface area contributed by atoms with E-state index in [4.69, 9.17) is 9.47 Å². The van der Waals surface area contributed by atoms with Crippen molar-refractivity contribution in [2.75, 3.05) is 13.4 Å². The fourth-order valence-corrected chi connectivity index (χ4v) is 0.785. The Hall–Kier alpha value is -1.35. The molecule has 0 saturated heterocycles. The third kappa shape index (κ3) is 3.25. The second-order valence-corrected chi connectivity index (χ2v) is 2.33. The van der Waals surface area contributed by atoms with Gasteiger partial charge in [-0.05, 0) is 25.1 Å². The maximum Gasteiger partial charge on any atom is 0.340 e. The average molecular weight is 179 g/mol. The van der Waals surface area contributed by atoms with Crippen LogP contribution < -0.4 is 0 Å². The van der Waals surface area contributed by atoms with Gasteiger partial charge < -0.3 is 9.47 Å². The van der Waals surface area contributed by atoms with Crippen molar-refractivity contribution in [2.45, 2.75) is 6.92 Å². The van der Waals surface area contributed by atoms with Crippen LogP contribution in [-0.2, 0) is 9.47 Å². The number of rotatable bonds is 4. The molecular formula is C10H11O3. The molecule has 1 aromatic rings. The normalized spacial score (nSPS) is 9.62. The first-order chi connectivity index (χ1) is 6.34. The van der Waals surface area contributed by atoms with E-state index in [2.05, 4.69) is 6.07 Å². The van der Waals surface area contributed by atoms with Gasteiger partial charge in [-0.15, -0.1) is 0 Å². The fraction of sp³-hybridized carbons (Fsp3) is 0.300. The minimum absolute atomic E-state index is 0.00788. The number of hydrogen-bond donors (Lipinski definition) is 0. The van der Waals surface area contributed by atoms with Crippen molar-refractivity contribution in [3.05, 3.63) is 35.9 Å². The second-order valence-electron chi connectivity index (χ2n) is 2.33. The zero-order chi connectivity index (χ0) is 9.52. The standard InChI is InChI=1S/C10H11O3/c1-2-12-8-13-10(11)9-6-4-3-5-7-9/h4-7H,2,8H2,1H3. The van der Waals surface area contributed by atoms with Crippen molar-refractivity contribution in [2.24, 2.45) is 0 Å². The molecule has 3 heteroatoms. The molecule has 13 heavy (non-hydrogen) atoms. The minimum Gasteiger partial charge on any atom is -0.435 e. The summed E-state index contributed by atoms with van der Waals surface area (Å²) in [6, 6.07) is 9.44. The molecule has 0 amide bonds. The molecule has 0 heterocycles. The number of carbonyl (C=O) groups is 1. The van der Waals surface area contributed by atoms with Crippen LogP contribution in [0.3, 0.4) is 0 Å². The molecule has 1 rings (SSSR count). The van der Waals surface area contributed by atoms with E-state index in [9.17, 15) is 4.79 Å². The second kappa shape index (κ2) is 5.32. The molecule has 0 spiro atoms. The van der Waals surface area contributed by atoms with Crippen LogP contribution in [0.1, 0.15) is 17.3 Å². The number of carbonyl (C=O) groups excluding carboxylic acids is 1. The molecule has 3 nitrogen and oxygen atoms in total. The highest BCUT2D eigenvalue weighted by molar-refractivity contribution is 5.89. The van der Waals surface area contributed by atoms with Gasteiger partial charge in [-0.1, -0.05) is 12.1 Å². The highest BCUT2D eigenvalue weighted by Crippen LogP contribution is 2.00. The minimum atomic E-state index is -0.373. The summed E-state index contributed by atoms with van der Waals surface area (Å²) in [7, 11) is 0. The van der Waals surface area contributed by atoms with E-state index >= 15 is 0 Å². The van der Waals surface area contributed by atoms with E-state index in [-0.39, 0.29) is 12.8 Å². The van der Waals surface area contributed by atoms with Crippen molar-refractivity contribution in [1.29, 1.82) is 0 Å². The van der Waals surface area contributed by atoms with Gasteiger partial charge in [0.05, 0.1) is 5.56 Å². The van der Waals surface area contributed by atoms with Crippen LogP contribution in [0, 0.1) is 6.07 Å². The van der Waals surface area contributed by atoms with Gasteiger partial charge in [0, 0.05) is 6.61 Å². The van der Waals surface area contributed by atoms with Crippen molar-refractivity contribution < 1.29 is 14.3 Å². The topological polar surface area (TPSA) is 35.5 Å². The van der Waals surface area contributed by atoms with Gasteiger partial charge in [0.2, 0.25) is 0 Å². The van der Waals surface area contributed by atoms with E-state index in [1.807, 2.05) is 6.92 Å². The molecule has 0 aliphatic carbocycles. The molecule has 0 saturated carbocycles. The van der Waals surface area contributed by atoms with Crippen molar-refractivity contribution >= 4 is 5.97 Å². The largest absolute Gasteiger partial charge is 0.435 e. The van der Waals surface area contributed by atoms with Gasteiger partial charge in [0.25, 0.3) is 0 Å².